The molecule has 1 fully saturated rings. The van der Waals surface area contributed by atoms with Gasteiger partial charge in [-0.05, 0) is 30.3 Å². The number of hydrogen-bond acceptors (Lipinski definition) is 3. The van der Waals surface area contributed by atoms with Crippen molar-refractivity contribution in [3.63, 3.8) is 0 Å². The highest BCUT2D eigenvalue weighted by Crippen LogP contribution is 2.22. The Labute approximate surface area is 142 Å². The summed E-state index contributed by atoms with van der Waals surface area (Å²) in [7, 11) is 0. The Morgan fingerprint density at radius 2 is 2.00 bits per heavy atom. The van der Waals surface area contributed by atoms with Crippen molar-refractivity contribution in [2.24, 2.45) is 0 Å². The summed E-state index contributed by atoms with van der Waals surface area (Å²) in [4.78, 5) is 29.2. The number of hydrogen-bond donors (Lipinski definition) is 2. The number of carbonyl (C=O) groups is 2. The summed E-state index contributed by atoms with van der Waals surface area (Å²) in [6.45, 7) is 1.25. The molecule has 1 aliphatic heterocycles. The molecule has 1 aromatic heterocycles. The van der Waals surface area contributed by atoms with Crippen molar-refractivity contribution in [2.45, 2.75) is 0 Å². The molecule has 6 nitrogen and oxygen atoms in total. The molecule has 0 aliphatic carbocycles. The molecule has 1 aliphatic rings. The highest BCUT2D eigenvalue weighted by Gasteiger charge is 2.20. The fraction of sp³-hybridized carbons (Fsp3) is 0.133. The molecular formula is C15H12Cl2N4O2. The fourth-order valence-electron chi connectivity index (χ4n) is 2.19. The summed E-state index contributed by atoms with van der Waals surface area (Å²) in [6.07, 6.45) is 1.35. The van der Waals surface area contributed by atoms with E-state index in [1.54, 1.807) is 29.2 Å². The second kappa shape index (κ2) is 6.44. The van der Waals surface area contributed by atoms with Crippen LogP contribution in [0, 0.1) is 0 Å². The number of rotatable bonds is 3. The number of nitrogens with zero attached hydrogens (tertiary/aromatic N) is 2. The third-order valence-corrected chi connectivity index (χ3v) is 4.04. The number of pyridine rings is 1. The van der Waals surface area contributed by atoms with Crippen molar-refractivity contribution in [2.75, 3.05) is 23.3 Å². The van der Waals surface area contributed by atoms with E-state index < -0.39 is 0 Å². The van der Waals surface area contributed by atoms with Crippen LogP contribution in [0.2, 0.25) is 10.2 Å². The molecule has 0 saturated carbocycles. The molecule has 3 amide bonds. The number of anilines is 2. The lowest BCUT2D eigenvalue weighted by Gasteiger charge is -2.14. The third-order valence-electron chi connectivity index (χ3n) is 3.35. The molecule has 2 N–H and O–H groups in total. The topological polar surface area (TPSA) is 74.3 Å². The van der Waals surface area contributed by atoms with Gasteiger partial charge in [0.15, 0.2) is 0 Å². The largest absolute Gasteiger partial charge is 0.336 e. The van der Waals surface area contributed by atoms with Crippen LogP contribution >= 0.6 is 23.2 Å². The zero-order valence-corrected chi connectivity index (χ0v) is 13.4. The number of halogens is 2. The van der Waals surface area contributed by atoms with E-state index in [0.29, 0.717) is 24.3 Å². The van der Waals surface area contributed by atoms with Crippen molar-refractivity contribution in [3.05, 3.63) is 52.3 Å². The third kappa shape index (κ3) is 3.38. The molecule has 3 rings (SSSR count). The first-order valence-corrected chi connectivity index (χ1v) is 7.58. The van der Waals surface area contributed by atoms with Gasteiger partial charge < -0.3 is 10.6 Å². The van der Waals surface area contributed by atoms with Crippen LogP contribution in [0.5, 0.6) is 0 Å². The van der Waals surface area contributed by atoms with Gasteiger partial charge in [-0.1, -0.05) is 23.2 Å². The molecule has 2 aromatic rings. The first-order chi connectivity index (χ1) is 11.0. The zero-order valence-electron chi connectivity index (χ0n) is 11.8. The molecule has 118 valence electrons. The molecule has 0 spiro atoms. The molecule has 0 bridgehead atoms. The number of carbonyl (C=O) groups excluding carboxylic acids is 2. The molecular weight excluding hydrogens is 339 g/mol. The minimum Gasteiger partial charge on any atom is -0.336 e. The first kappa shape index (κ1) is 15.6. The predicted octanol–water partition coefficient (Wildman–Crippen LogP) is 3.17. The van der Waals surface area contributed by atoms with Gasteiger partial charge >= 0.3 is 6.03 Å². The second-order valence-electron chi connectivity index (χ2n) is 4.88. The van der Waals surface area contributed by atoms with E-state index in [0.717, 1.165) is 5.69 Å². The molecule has 0 unspecified atom stereocenters. The van der Waals surface area contributed by atoms with Crippen LogP contribution in [0.1, 0.15) is 10.4 Å². The van der Waals surface area contributed by atoms with Crippen molar-refractivity contribution in [3.8, 4) is 0 Å². The van der Waals surface area contributed by atoms with E-state index in [-0.39, 0.29) is 22.1 Å². The van der Waals surface area contributed by atoms with Crippen molar-refractivity contribution >= 4 is 46.5 Å². The Morgan fingerprint density at radius 1 is 1.26 bits per heavy atom. The lowest BCUT2D eigenvalue weighted by molar-refractivity contribution is 0.102. The van der Waals surface area contributed by atoms with E-state index >= 15 is 0 Å². The SMILES string of the molecule is O=C(Nc1ccc(N2CCNC2=O)cc1)c1cnc(Cl)c(Cl)c1. The minimum atomic E-state index is -0.345. The Bertz CT molecular complexity index is 765. The average molecular weight is 351 g/mol. The van der Waals surface area contributed by atoms with E-state index in [1.807, 2.05) is 0 Å². The normalized spacial score (nSPS) is 13.8. The summed E-state index contributed by atoms with van der Waals surface area (Å²) in [5.41, 5.74) is 1.68. The summed E-state index contributed by atoms with van der Waals surface area (Å²) < 4.78 is 0. The summed E-state index contributed by atoms with van der Waals surface area (Å²) in [6, 6.07) is 8.33. The average Bonchev–Trinajstić information content (AvgIpc) is 2.97. The smallest absolute Gasteiger partial charge is 0.321 e. The highest BCUT2D eigenvalue weighted by molar-refractivity contribution is 6.41. The van der Waals surface area contributed by atoms with Gasteiger partial charge in [-0.3, -0.25) is 9.69 Å². The van der Waals surface area contributed by atoms with Gasteiger partial charge in [0.1, 0.15) is 5.15 Å². The van der Waals surface area contributed by atoms with Gasteiger partial charge in [-0.15, -0.1) is 0 Å². The number of aromatic nitrogens is 1. The Balaban J connectivity index is 1.71. The molecule has 8 heteroatoms. The van der Waals surface area contributed by atoms with Crippen LogP contribution in [0.15, 0.2) is 36.5 Å². The van der Waals surface area contributed by atoms with Crippen LogP contribution < -0.4 is 15.5 Å². The van der Waals surface area contributed by atoms with Crippen LogP contribution in [-0.4, -0.2) is 30.0 Å². The first-order valence-electron chi connectivity index (χ1n) is 6.82. The maximum absolute atomic E-state index is 12.1. The quantitative estimate of drug-likeness (QED) is 0.834. The van der Waals surface area contributed by atoms with Gasteiger partial charge in [0.25, 0.3) is 5.91 Å². The Kier molecular flexibility index (Phi) is 4.36. The van der Waals surface area contributed by atoms with Crippen molar-refractivity contribution in [1.29, 1.82) is 0 Å². The van der Waals surface area contributed by atoms with E-state index in [9.17, 15) is 9.59 Å². The molecule has 23 heavy (non-hydrogen) atoms. The number of urea groups is 1. The second-order valence-corrected chi connectivity index (χ2v) is 5.65. The number of benzene rings is 1. The molecule has 1 aromatic carbocycles. The van der Waals surface area contributed by atoms with Gasteiger partial charge in [0, 0.05) is 30.7 Å². The lowest BCUT2D eigenvalue weighted by atomic mass is 10.2. The van der Waals surface area contributed by atoms with E-state index in [4.69, 9.17) is 23.2 Å². The standard InChI is InChI=1S/C15H12Cl2N4O2/c16-12-7-9(8-19-13(12)17)14(22)20-10-1-3-11(4-2-10)21-6-5-18-15(21)23/h1-4,7-8H,5-6H2,(H,18,23)(H,20,22). The molecule has 1 saturated heterocycles. The monoisotopic (exact) mass is 350 g/mol. The summed E-state index contributed by atoms with van der Waals surface area (Å²) >= 11 is 11.6. The van der Waals surface area contributed by atoms with Crippen LogP contribution in [0.4, 0.5) is 16.2 Å². The minimum absolute atomic E-state index is 0.122. The summed E-state index contributed by atoms with van der Waals surface area (Å²) in [5.74, 6) is -0.345. The Hall–Kier alpha value is -2.31. The van der Waals surface area contributed by atoms with Crippen LogP contribution in [-0.2, 0) is 0 Å². The lowest BCUT2D eigenvalue weighted by Crippen LogP contribution is -2.27. The number of nitrogens with one attached hydrogen (secondary N) is 2. The van der Waals surface area contributed by atoms with Gasteiger partial charge in [0.05, 0.1) is 10.6 Å². The molecule has 2 heterocycles. The predicted molar refractivity (Wildman–Crippen MR) is 89.4 cm³/mol. The zero-order chi connectivity index (χ0) is 16.4. The van der Waals surface area contributed by atoms with Gasteiger partial charge in [-0.25, -0.2) is 9.78 Å². The molecule has 0 radical (unpaired) electrons. The van der Waals surface area contributed by atoms with Crippen LogP contribution in [0.3, 0.4) is 0 Å². The molecule has 0 atom stereocenters. The van der Waals surface area contributed by atoms with E-state index in [1.165, 1.54) is 12.3 Å². The number of amides is 3. The maximum Gasteiger partial charge on any atom is 0.321 e. The maximum atomic E-state index is 12.1. The Morgan fingerprint density at radius 3 is 2.61 bits per heavy atom. The van der Waals surface area contributed by atoms with Crippen molar-refractivity contribution in [1.82, 2.24) is 10.3 Å². The van der Waals surface area contributed by atoms with Gasteiger partial charge in [-0.2, -0.15) is 0 Å². The summed E-state index contributed by atoms with van der Waals surface area (Å²) in [5, 5.41) is 5.83. The van der Waals surface area contributed by atoms with Gasteiger partial charge in [0.2, 0.25) is 0 Å². The highest BCUT2D eigenvalue weighted by atomic mass is 35.5. The van der Waals surface area contributed by atoms with Crippen molar-refractivity contribution < 1.29 is 9.59 Å². The fourth-order valence-corrected chi connectivity index (χ4v) is 2.46. The van der Waals surface area contributed by atoms with Crippen LogP contribution in [0.25, 0.3) is 0 Å². The van der Waals surface area contributed by atoms with E-state index in [2.05, 4.69) is 15.6 Å².